The molecule has 0 aliphatic carbocycles. The minimum Gasteiger partial charge on any atom is -0.376 e. The molecule has 1 N–H and O–H groups in total. The maximum Gasteiger partial charge on any atom is 0.0933 e. The molecule has 0 radical (unpaired) electrons. The number of nitrogens with one attached hydrogen (secondary N) is 1. The zero-order valence-corrected chi connectivity index (χ0v) is 11.6. The zero-order chi connectivity index (χ0) is 13.0. The van der Waals surface area contributed by atoms with E-state index in [1.54, 1.807) is 0 Å². The highest BCUT2D eigenvalue weighted by Gasteiger charge is 2.13. The van der Waals surface area contributed by atoms with Crippen LogP contribution in [0.3, 0.4) is 0 Å². The van der Waals surface area contributed by atoms with Gasteiger partial charge in [0.25, 0.3) is 0 Å². The van der Waals surface area contributed by atoms with E-state index in [2.05, 4.69) is 38.2 Å². The average molecular weight is 249 g/mol. The number of ether oxygens (including phenoxy) is 2. The van der Waals surface area contributed by atoms with Gasteiger partial charge in [-0.2, -0.15) is 0 Å². The van der Waals surface area contributed by atoms with Gasteiger partial charge in [-0.1, -0.05) is 12.1 Å². The van der Waals surface area contributed by atoms with E-state index >= 15 is 0 Å². The fourth-order valence-electron chi connectivity index (χ4n) is 2.23. The Labute approximate surface area is 109 Å². The second-order valence-corrected chi connectivity index (χ2v) is 5.06. The summed E-state index contributed by atoms with van der Waals surface area (Å²) < 4.78 is 11.0. The van der Waals surface area contributed by atoms with Gasteiger partial charge in [-0.15, -0.1) is 0 Å². The van der Waals surface area contributed by atoms with Crippen molar-refractivity contribution in [2.45, 2.75) is 33.4 Å². The fraction of sp³-hybridized carbons (Fsp3) is 0.600. The van der Waals surface area contributed by atoms with E-state index in [1.165, 1.54) is 22.3 Å². The Balaban J connectivity index is 1.84. The quantitative estimate of drug-likeness (QED) is 0.886. The molecule has 2 rings (SSSR count). The van der Waals surface area contributed by atoms with E-state index in [-0.39, 0.29) is 6.10 Å². The highest BCUT2D eigenvalue weighted by molar-refractivity contribution is 5.36. The molecule has 1 aliphatic rings. The molecular formula is C15H23NO2. The van der Waals surface area contributed by atoms with Gasteiger partial charge >= 0.3 is 0 Å². The van der Waals surface area contributed by atoms with Crippen LogP contribution in [-0.4, -0.2) is 32.5 Å². The van der Waals surface area contributed by atoms with Gasteiger partial charge < -0.3 is 14.8 Å². The van der Waals surface area contributed by atoms with Crippen LogP contribution in [0.15, 0.2) is 12.1 Å². The first-order valence-electron chi connectivity index (χ1n) is 6.63. The summed E-state index contributed by atoms with van der Waals surface area (Å²) in [7, 11) is 0. The van der Waals surface area contributed by atoms with Crippen LogP contribution in [0, 0.1) is 20.8 Å². The molecule has 1 aliphatic heterocycles. The maximum atomic E-state index is 5.60. The molecule has 0 aromatic heterocycles. The maximum absolute atomic E-state index is 5.60. The van der Waals surface area contributed by atoms with Crippen molar-refractivity contribution >= 4 is 0 Å². The summed E-state index contributed by atoms with van der Waals surface area (Å²) in [4.78, 5) is 0. The van der Waals surface area contributed by atoms with Crippen molar-refractivity contribution in [1.82, 2.24) is 5.32 Å². The van der Waals surface area contributed by atoms with Crippen molar-refractivity contribution in [3.8, 4) is 0 Å². The van der Waals surface area contributed by atoms with E-state index in [0.29, 0.717) is 6.61 Å². The van der Waals surface area contributed by atoms with Crippen molar-refractivity contribution in [2.75, 3.05) is 26.4 Å². The van der Waals surface area contributed by atoms with Crippen molar-refractivity contribution in [2.24, 2.45) is 0 Å². The van der Waals surface area contributed by atoms with Gasteiger partial charge in [0, 0.05) is 13.1 Å². The summed E-state index contributed by atoms with van der Waals surface area (Å²) in [6.45, 7) is 10.4. The number of benzene rings is 1. The van der Waals surface area contributed by atoms with Gasteiger partial charge in [-0.3, -0.25) is 0 Å². The number of hydrogen-bond donors (Lipinski definition) is 1. The molecule has 1 fully saturated rings. The van der Waals surface area contributed by atoms with E-state index in [1.807, 2.05) is 0 Å². The normalized spacial score (nSPS) is 20.1. The Morgan fingerprint density at radius 3 is 2.61 bits per heavy atom. The largest absolute Gasteiger partial charge is 0.376 e. The highest BCUT2D eigenvalue weighted by Crippen LogP contribution is 2.15. The van der Waals surface area contributed by atoms with Crippen molar-refractivity contribution in [3.05, 3.63) is 34.4 Å². The predicted octanol–water partition coefficient (Wildman–Crippen LogP) is 2.12. The molecule has 0 bridgehead atoms. The van der Waals surface area contributed by atoms with Crippen LogP contribution in [0.2, 0.25) is 0 Å². The Bertz CT molecular complexity index is 398. The van der Waals surface area contributed by atoms with Gasteiger partial charge in [-0.25, -0.2) is 0 Å². The lowest BCUT2D eigenvalue weighted by atomic mass is 10.0. The predicted molar refractivity (Wildman–Crippen MR) is 72.9 cm³/mol. The average Bonchev–Trinajstić information content (AvgIpc) is 2.37. The summed E-state index contributed by atoms with van der Waals surface area (Å²) in [5, 5.41) is 3.45. The highest BCUT2D eigenvalue weighted by atomic mass is 16.6. The molecule has 1 aromatic rings. The van der Waals surface area contributed by atoms with Gasteiger partial charge in [0.05, 0.1) is 25.9 Å². The molecule has 1 aromatic carbocycles. The van der Waals surface area contributed by atoms with Crippen molar-refractivity contribution in [3.63, 3.8) is 0 Å². The lowest BCUT2D eigenvalue weighted by Gasteiger charge is -2.23. The van der Waals surface area contributed by atoms with Crippen LogP contribution in [-0.2, 0) is 16.0 Å². The minimum absolute atomic E-state index is 0.200. The molecule has 1 unspecified atom stereocenters. The first kappa shape index (κ1) is 13.5. The van der Waals surface area contributed by atoms with E-state index < -0.39 is 0 Å². The SMILES string of the molecule is Cc1cc(C)c(CNCC2COCCO2)cc1C. The molecule has 0 spiro atoms. The molecule has 1 atom stereocenters. The molecule has 100 valence electrons. The summed E-state index contributed by atoms with van der Waals surface area (Å²) >= 11 is 0. The minimum atomic E-state index is 0.200. The van der Waals surface area contributed by atoms with Gasteiger partial charge in [0.1, 0.15) is 0 Å². The van der Waals surface area contributed by atoms with Crippen LogP contribution in [0.25, 0.3) is 0 Å². The van der Waals surface area contributed by atoms with E-state index in [0.717, 1.165) is 26.3 Å². The summed E-state index contributed by atoms with van der Waals surface area (Å²) in [6, 6.07) is 4.53. The number of hydrogen-bond acceptors (Lipinski definition) is 3. The Kier molecular flexibility index (Phi) is 4.75. The molecular weight excluding hydrogens is 226 g/mol. The smallest absolute Gasteiger partial charge is 0.0933 e. The monoisotopic (exact) mass is 249 g/mol. The third-order valence-electron chi connectivity index (χ3n) is 3.52. The van der Waals surface area contributed by atoms with Crippen molar-refractivity contribution < 1.29 is 9.47 Å². The van der Waals surface area contributed by atoms with E-state index in [4.69, 9.17) is 9.47 Å². The number of aryl methyl sites for hydroxylation is 3. The van der Waals surface area contributed by atoms with Crippen LogP contribution >= 0.6 is 0 Å². The van der Waals surface area contributed by atoms with Gasteiger partial charge in [-0.05, 0) is 43.0 Å². The summed E-state index contributed by atoms with van der Waals surface area (Å²) in [5.74, 6) is 0. The molecule has 3 nitrogen and oxygen atoms in total. The molecule has 1 heterocycles. The van der Waals surface area contributed by atoms with Gasteiger partial charge in [0.2, 0.25) is 0 Å². The Hall–Kier alpha value is -0.900. The zero-order valence-electron chi connectivity index (χ0n) is 11.6. The molecule has 1 saturated heterocycles. The molecule has 18 heavy (non-hydrogen) atoms. The molecule has 0 saturated carbocycles. The molecule has 3 heteroatoms. The standard InChI is InChI=1S/C15H23NO2/c1-11-6-13(3)14(7-12(11)2)8-16-9-15-10-17-4-5-18-15/h6-7,15-16H,4-5,8-10H2,1-3H3. The summed E-state index contributed by atoms with van der Waals surface area (Å²) in [5.41, 5.74) is 5.44. The third kappa shape index (κ3) is 3.55. The van der Waals surface area contributed by atoms with Crippen LogP contribution in [0.1, 0.15) is 22.3 Å². The van der Waals surface area contributed by atoms with Crippen LogP contribution in [0.4, 0.5) is 0 Å². The van der Waals surface area contributed by atoms with Crippen LogP contribution < -0.4 is 5.32 Å². The lowest BCUT2D eigenvalue weighted by Crippen LogP contribution is -2.37. The lowest BCUT2D eigenvalue weighted by molar-refractivity contribution is -0.0864. The van der Waals surface area contributed by atoms with Crippen LogP contribution in [0.5, 0.6) is 0 Å². The summed E-state index contributed by atoms with van der Waals surface area (Å²) in [6.07, 6.45) is 0.200. The van der Waals surface area contributed by atoms with E-state index in [9.17, 15) is 0 Å². The third-order valence-corrected chi connectivity index (χ3v) is 3.52. The fourth-order valence-corrected chi connectivity index (χ4v) is 2.23. The first-order valence-corrected chi connectivity index (χ1v) is 6.63. The Morgan fingerprint density at radius 1 is 1.11 bits per heavy atom. The Morgan fingerprint density at radius 2 is 1.89 bits per heavy atom. The van der Waals surface area contributed by atoms with Gasteiger partial charge in [0.15, 0.2) is 0 Å². The molecule has 0 amide bonds. The topological polar surface area (TPSA) is 30.5 Å². The van der Waals surface area contributed by atoms with Crippen molar-refractivity contribution in [1.29, 1.82) is 0 Å². The second-order valence-electron chi connectivity index (χ2n) is 5.06. The number of rotatable bonds is 4. The second kappa shape index (κ2) is 6.32. The first-order chi connectivity index (χ1) is 8.66.